The van der Waals surface area contributed by atoms with Gasteiger partial charge < -0.3 is 19.2 Å². The van der Waals surface area contributed by atoms with E-state index in [1.807, 2.05) is 30.5 Å². The highest BCUT2D eigenvalue weighted by atomic mass is 32.1. The summed E-state index contributed by atoms with van der Waals surface area (Å²) < 4.78 is 7.91. The number of hydrogen-bond acceptors (Lipinski definition) is 3. The summed E-state index contributed by atoms with van der Waals surface area (Å²) in [6.07, 6.45) is 3.58. The van der Waals surface area contributed by atoms with E-state index in [-0.39, 0.29) is 12.1 Å². The van der Waals surface area contributed by atoms with E-state index in [0.29, 0.717) is 5.92 Å². The third-order valence-electron chi connectivity index (χ3n) is 5.59. The van der Waals surface area contributed by atoms with Gasteiger partial charge in [0.2, 0.25) is 0 Å². The number of pyridine rings is 1. The van der Waals surface area contributed by atoms with Crippen molar-refractivity contribution in [3.63, 3.8) is 0 Å². The van der Waals surface area contributed by atoms with Gasteiger partial charge in [0.1, 0.15) is 5.76 Å². The fraction of sp³-hybridized carbons (Fsp3) is 0.391. The average Bonchev–Trinajstić information content (AvgIpc) is 3.38. The number of rotatable bonds is 6. The number of aromatic nitrogens is 2. The summed E-state index contributed by atoms with van der Waals surface area (Å²) in [6, 6.07) is 12.5. The summed E-state index contributed by atoms with van der Waals surface area (Å²) in [5.74, 6) is 1.46. The van der Waals surface area contributed by atoms with Crippen molar-refractivity contribution < 1.29 is 4.42 Å². The highest BCUT2D eigenvalue weighted by molar-refractivity contribution is 7.80. The maximum absolute atomic E-state index is 5.75. The molecular weight excluding hydrogens is 380 g/mol. The predicted molar refractivity (Wildman–Crippen MR) is 119 cm³/mol. The van der Waals surface area contributed by atoms with Crippen molar-refractivity contribution in [1.29, 1.82) is 0 Å². The minimum Gasteiger partial charge on any atom is -0.467 e. The molecule has 6 heteroatoms. The number of nitrogens with one attached hydrogen (secondary N) is 1. The Morgan fingerprint density at radius 2 is 2.03 bits per heavy atom. The molecular formula is C23H28N4OS. The van der Waals surface area contributed by atoms with Gasteiger partial charge in [0.15, 0.2) is 5.11 Å². The summed E-state index contributed by atoms with van der Waals surface area (Å²) >= 11 is 5.75. The normalized spacial score (nSPS) is 19.2. The van der Waals surface area contributed by atoms with Crippen LogP contribution < -0.4 is 5.32 Å². The van der Waals surface area contributed by atoms with Gasteiger partial charge in [0, 0.05) is 24.1 Å². The van der Waals surface area contributed by atoms with Crippen LogP contribution in [0.25, 0.3) is 0 Å². The van der Waals surface area contributed by atoms with Gasteiger partial charge in [-0.3, -0.25) is 4.98 Å². The van der Waals surface area contributed by atoms with Crippen molar-refractivity contribution in [2.24, 2.45) is 5.92 Å². The zero-order valence-electron chi connectivity index (χ0n) is 17.4. The zero-order valence-corrected chi connectivity index (χ0v) is 18.2. The summed E-state index contributed by atoms with van der Waals surface area (Å²) in [6.45, 7) is 10.4. The summed E-state index contributed by atoms with van der Waals surface area (Å²) in [7, 11) is 0. The lowest BCUT2D eigenvalue weighted by Gasteiger charge is -2.29. The molecule has 0 amide bonds. The van der Waals surface area contributed by atoms with Crippen LogP contribution in [0.4, 0.5) is 0 Å². The van der Waals surface area contributed by atoms with Crippen LogP contribution >= 0.6 is 12.2 Å². The Bertz CT molecular complexity index is 978. The second-order valence-corrected chi connectivity index (χ2v) is 8.55. The van der Waals surface area contributed by atoms with Crippen molar-refractivity contribution in [2.45, 2.75) is 46.3 Å². The topological polar surface area (TPSA) is 46.2 Å². The Balaban J connectivity index is 1.76. The van der Waals surface area contributed by atoms with Crippen LogP contribution in [0.1, 0.15) is 54.3 Å². The lowest BCUT2D eigenvalue weighted by molar-refractivity contribution is 0.286. The van der Waals surface area contributed by atoms with Crippen LogP contribution in [0.3, 0.4) is 0 Å². The Morgan fingerprint density at radius 3 is 2.69 bits per heavy atom. The van der Waals surface area contributed by atoms with Crippen molar-refractivity contribution >= 4 is 17.3 Å². The average molecular weight is 409 g/mol. The van der Waals surface area contributed by atoms with E-state index in [2.05, 4.69) is 59.6 Å². The Hall–Kier alpha value is -2.60. The van der Waals surface area contributed by atoms with Crippen molar-refractivity contribution in [3.05, 3.63) is 77.3 Å². The molecule has 1 aliphatic rings. The molecule has 0 unspecified atom stereocenters. The molecule has 0 spiro atoms. The fourth-order valence-corrected chi connectivity index (χ4v) is 4.58. The van der Waals surface area contributed by atoms with Crippen molar-refractivity contribution in [3.8, 4) is 0 Å². The zero-order chi connectivity index (χ0) is 20.5. The quantitative estimate of drug-likeness (QED) is 0.595. The molecule has 1 aliphatic heterocycles. The monoisotopic (exact) mass is 408 g/mol. The molecule has 4 rings (SSSR count). The van der Waals surface area contributed by atoms with Gasteiger partial charge in [0.25, 0.3) is 0 Å². The molecule has 0 aliphatic carbocycles. The van der Waals surface area contributed by atoms with Gasteiger partial charge in [-0.05, 0) is 67.9 Å². The molecule has 2 atom stereocenters. The van der Waals surface area contributed by atoms with E-state index >= 15 is 0 Å². The molecule has 152 valence electrons. The first kappa shape index (κ1) is 19.7. The maximum atomic E-state index is 5.75. The van der Waals surface area contributed by atoms with Crippen LogP contribution in [0.2, 0.25) is 0 Å². The third kappa shape index (κ3) is 3.81. The van der Waals surface area contributed by atoms with Crippen LogP contribution in [-0.2, 0) is 6.54 Å². The second-order valence-electron chi connectivity index (χ2n) is 8.16. The number of furan rings is 1. The van der Waals surface area contributed by atoms with Gasteiger partial charge in [0.05, 0.1) is 30.6 Å². The van der Waals surface area contributed by atoms with Crippen molar-refractivity contribution in [2.75, 3.05) is 6.54 Å². The number of aryl methyl sites for hydroxylation is 1. The molecule has 5 nitrogen and oxygen atoms in total. The Kier molecular flexibility index (Phi) is 5.46. The summed E-state index contributed by atoms with van der Waals surface area (Å²) in [4.78, 5) is 6.97. The van der Waals surface area contributed by atoms with Crippen LogP contribution in [0, 0.1) is 19.8 Å². The smallest absolute Gasteiger partial charge is 0.170 e. The van der Waals surface area contributed by atoms with Gasteiger partial charge >= 0.3 is 0 Å². The molecule has 3 aromatic rings. The van der Waals surface area contributed by atoms with E-state index in [1.54, 1.807) is 6.26 Å². The van der Waals surface area contributed by atoms with E-state index in [1.165, 1.54) is 17.0 Å². The van der Waals surface area contributed by atoms with E-state index in [4.69, 9.17) is 16.6 Å². The third-order valence-corrected chi connectivity index (χ3v) is 5.94. The minimum atomic E-state index is 0.0278. The molecule has 0 bridgehead atoms. The predicted octanol–water partition coefficient (Wildman–Crippen LogP) is 4.77. The van der Waals surface area contributed by atoms with Gasteiger partial charge in [-0.25, -0.2) is 0 Å². The summed E-state index contributed by atoms with van der Waals surface area (Å²) in [5.41, 5.74) is 4.76. The van der Waals surface area contributed by atoms with E-state index < -0.39 is 0 Å². The fourth-order valence-electron chi connectivity index (χ4n) is 4.26. The largest absolute Gasteiger partial charge is 0.467 e. The number of thiocarbonyl (C=S) groups is 1. The van der Waals surface area contributed by atoms with Gasteiger partial charge in [-0.2, -0.15) is 0 Å². The van der Waals surface area contributed by atoms with E-state index in [0.717, 1.165) is 29.7 Å². The lowest BCUT2D eigenvalue weighted by atomic mass is 9.96. The maximum Gasteiger partial charge on any atom is 0.170 e. The molecule has 0 radical (unpaired) electrons. The SMILES string of the molecule is Cc1cc([C@H]2[C@@H](c3ccccn3)NC(=S)N2CC(C)C)c(C)n1Cc1ccco1. The first-order chi connectivity index (χ1) is 14.0. The molecule has 3 aromatic heterocycles. The van der Waals surface area contributed by atoms with Gasteiger partial charge in [-0.15, -0.1) is 0 Å². The molecule has 29 heavy (non-hydrogen) atoms. The molecule has 1 N–H and O–H groups in total. The second kappa shape index (κ2) is 8.03. The van der Waals surface area contributed by atoms with Crippen molar-refractivity contribution in [1.82, 2.24) is 19.8 Å². The first-order valence-corrected chi connectivity index (χ1v) is 10.5. The molecule has 4 heterocycles. The van der Waals surface area contributed by atoms with E-state index in [9.17, 15) is 0 Å². The Morgan fingerprint density at radius 1 is 1.21 bits per heavy atom. The van der Waals surface area contributed by atoms with Crippen LogP contribution in [0.5, 0.6) is 0 Å². The van der Waals surface area contributed by atoms with Gasteiger partial charge in [-0.1, -0.05) is 19.9 Å². The van der Waals surface area contributed by atoms with Crippen LogP contribution in [-0.4, -0.2) is 26.1 Å². The highest BCUT2D eigenvalue weighted by Gasteiger charge is 2.41. The number of hydrogen-bond donors (Lipinski definition) is 1. The molecule has 0 aromatic carbocycles. The molecule has 1 fully saturated rings. The minimum absolute atomic E-state index is 0.0278. The number of nitrogens with zero attached hydrogens (tertiary/aromatic N) is 3. The standard InChI is InChI=1S/C23H28N4OS/c1-15(2)13-27-22(21(25-23(27)29)20-9-5-6-10-24-20)19-12-16(3)26(17(19)4)14-18-8-7-11-28-18/h5-12,15,21-22H,13-14H2,1-4H3,(H,25,29)/t21-,22+/m1/s1. The molecule has 0 saturated carbocycles. The Labute approximate surface area is 177 Å². The lowest BCUT2D eigenvalue weighted by Crippen LogP contribution is -2.33. The highest BCUT2D eigenvalue weighted by Crippen LogP contribution is 2.41. The summed E-state index contributed by atoms with van der Waals surface area (Å²) in [5, 5.41) is 4.34. The molecule has 1 saturated heterocycles. The van der Waals surface area contributed by atoms with Crippen LogP contribution in [0.15, 0.2) is 53.3 Å². The first-order valence-electron chi connectivity index (χ1n) is 10.1.